The molecule has 3 nitrogen and oxygen atoms in total. The lowest BCUT2D eigenvalue weighted by atomic mass is 10.2. The average Bonchev–Trinajstić information content (AvgIpc) is 2.40. The Morgan fingerprint density at radius 1 is 1.60 bits per heavy atom. The van der Waals surface area contributed by atoms with Crippen molar-refractivity contribution in [3.05, 3.63) is 0 Å². The number of rotatable bonds is 1. The fourth-order valence-corrected chi connectivity index (χ4v) is 0.977. The number of nitrogens with two attached hydrogens (primary N) is 1. The van der Waals surface area contributed by atoms with Crippen molar-refractivity contribution in [2.24, 2.45) is 5.73 Å². The molecule has 0 aliphatic carbocycles. The maximum absolute atomic E-state index is 8.91. The Morgan fingerprint density at radius 2 is 2.20 bits per heavy atom. The van der Waals surface area contributed by atoms with Crippen molar-refractivity contribution in [2.45, 2.75) is 32.4 Å². The summed E-state index contributed by atoms with van der Waals surface area (Å²) in [7, 11) is 0. The van der Waals surface area contributed by atoms with Crippen LogP contribution < -0.4 is 11.1 Å². The van der Waals surface area contributed by atoms with Gasteiger partial charge in [-0.05, 0) is 6.42 Å². The van der Waals surface area contributed by atoms with E-state index in [-0.39, 0.29) is 6.10 Å². The quantitative estimate of drug-likeness (QED) is 0.476. The SMILES string of the molecule is CC.NCC1CC(O)CN1. The number of β-amino-alcohol motifs (C(OH)–C–C–N with tert-alkyl or cyclic N) is 1. The van der Waals surface area contributed by atoms with Gasteiger partial charge in [-0.2, -0.15) is 0 Å². The van der Waals surface area contributed by atoms with Gasteiger partial charge in [0.15, 0.2) is 0 Å². The summed E-state index contributed by atoms with van der Waals surface area (Å²) < 4.78 is 0. The van der Waals surface area contributed by atoms with E-state index in [9.17, 15) is 0 Å². The van der Waals surface area contributed by atoms with E-state index in [0.717, 1.165) is 6.42 Å². The topological polar surface area (TPSA) is 58.3 Å². The third-order valence-corrected chi connectivity index (χ3v) is 1.48. The molecular formula is C7H18N2O. The molecule has 1 aliphatic rings. The molecule has 2 atom stereocenters. The second kappa shape index (κ2) is 5.65. The second-order valence-electron chi connectivity index (χ2n) is 2.23. The summed E-state index contributed by atoms with van der Waals surface area (Å²) in [6, 6.07) is 0.352. The van der Waals surface area contributed by atoms with Crippen LogP contribution in [-0.2, 0) is 0 Å². The standard InChI is InChI=1S/C5H12N2O.C2H6/c6-2-4-1-5(8)3-7-4;1-2/h4-5,7-8H,1-3,6H2;1-2H3. The summed E-state index contributed by atoms with van der Waals surface area (Å²) in [5.74, 6) is 0. The first-order valence-electron chi connectivity index (χ1n) is 3.94. The van der Waals surface area contributed by atoms with Crippen LogP contribution in [0.25, 0.3) is 0 Å². The molecule has 1 aliphatic heterocycles. The van der Waals surface area contributed by atoms with Crippen LogP contribution in [0.15, 0.2) is 0 Å². The predicted molar refractivity (Wildman–Crippen MR) is 42.8 cm³/mol. The first-order valence-corrected chi connectivity index (χ1v) is 3.94. The van der Waals surface area contributed by atoms with E-state index >= 15 is 0 Å². The summed E-state index contributed by atoms with van der Waals surface area (Å²) in [5.41, 5.74) is 5.32. The minimum absolute atomic E-state index is 0.163. The van der Waals surface area contributed by atoms with Crippen molar-refractivity contribution in [2.75, 3.05) is 13.1 Å². The average molecular weight is 146 g/mol. The summed E-state index contributed by atoms with van der Waals surface area (Å²) in [6.45, 7) is 5.35. The van der Waals surface area contributed by atoms with Crippen LogP contribution in [0.2, 0.25) is 0 Å². The molecule has 0 amide bonds. The Hall–Kier alpha value is -0.120. The van der Waals surface area contributed by atoms with Gasteiger partial charge in [-0.3, -0.25) is 0 Å². The number of aliphatic hydroxyl groups excluding tert-OH is 1. The highest BCUT2D eigenvalue weighted by Crippen LogP contribution is 2.03. The maximum atomic E-state index is 8.91. The molecule has 0 aromatic heterocycles. The molecule has 0 spiro atoms. The van der Waals surface area contributed by atoms with Crippen molar-refractivity contribution in [3.8, 4) is 0 Å². The highest BCUT2D eigenvalue weighted by molar-refractivity contribution is 4.80. The molecular weight excluding hydrogens is 128 g/mol. The van der Waals surface area contributed by atoms with Crippen molar-refractivity contribution in [3.63, 3.8) is 0 Å². The van der Waals surface area contributed by atoms with E-state index in [0.29, 0.717) is 19.1 Å². The van der Waals surface area contributed by atoms with E-state index in [1.54, 1.807) is 0 Å². The Labute approximate surface area is 62.6 Å². The van der Waals surface area contributed by atoms with Gasteiger partial charge < -0.3 is 16.2 Å². The zero-order valence-electron chi connectivity index (χ0n) is 6.80. The van der Waals surface area contributed by atoms with Crippen molar-refractivity contribution in [1.82, 2.24) is 5.32 Å². The summed E-state index contributed by atoms with van der Waals surface area (Å²) >= 11 is 0. The van der Waals surface area contributed by atoms with Gasteiger partial charge in [0.2, 0.25) is 0 Å². The lowest BCUT2D eigenvalue weighted by molar-refractivity contribution is 0.193. The Bertz CT molecular complexity index is 78.0. The molecule has 0 aromatic carbocycles. The van der Waals surface area contributed by atoms with Crippen LogP contribution >= 0.6 is 0 Å². The van der Waals surface area contributed by atoms with E-state index < -0.39 is 0 Å². The minimum Gasteiger partial charge on any atom is -0.392 e. The van der Waals surface area contributed by atoms with Crippen LogP contribution in [0, 0.1) is 0 Å². The molecule has 1 saturated heterocycles. The van der Waals surface area contributed by atoms with E-state index in [2.05, 4.69) is 5.32 Å². The fraction of sp³-hybridized carbons (Fsp3) is 1.00. The molecule has 2 unspecified atom stereocenters. The molecule has 3 heteroatoms. The van der Waals surface area contributed by atoms with Crippen LogP contribution in [0.3, 0.4) is 0 Å². The zero-order valence-corrected chi connectivity index (χ0v) is 6.80. The predicted octanol–water partition coefficient (Wildman–Crippen LogP) is -0.306. The maximum Gasteiger partial charge on any atom is 0.0680 e. The molecule has 1 fully saturated rings. The molecule has 62 valence electrons. The number of nitrogens with one attached hydrogen (secondary N) is 1. The van der Waals surface area contributed by atoms with Gasteiger partial charge in [0.05, 0.1) is 6.10 Å². The minimum atomic E-state index is -0.163. The molecule has 1 rings (SSSR count). The second-order valence-corrected chi connectivity index (χ2v) is 2.23. The molecule has 1 heterocycles. The molecule has 0 aromatic rings. The highest BCUT2D eigenvalue weighted by atomic mass is 16.3. The van der Waals surface area contributed by atoms with Crippen molar-refractivity contribution >= 4 is 0 Å². The smallest absolute Gasteiger partial charge is 0.0680 e. The lowest BCUT2D eigenvalue weighted by Gasteiger charge is -2.02. The third-order valence-electron chi connectivity index (χ3n) is 1.48. The fourth-order valence-electron chi connectivity index (χ4n) is 0.977. The molecule has 10 heavy (non-hydrogen) atoms. The molecule has 4 N–H and O–H groups in total. The number of aliphatic hydroxyl groups is 1. The summed E-state index contributed by atoms with van der Waals surface area (Å²) in [5, 5.41) is 12.0. The van der Waals surface area contributed by atoms with E-state index in [4.69, 9.17) is 10.8 Å². The number of hydrogen-bond donors (Lipinski definition) is 3. The van der Waals surface area contributed by atoms with Gasteiger partial charge in [0.25, 0.3) is 0 Å². The van der Waals surface area contributed by atoms with Gasteiger partial charge in [0.1, 0.15) is 0 Å². The van der Waals surface area contributed by atoms with Gasteiger partial charge in [-0.1, -0.05) is 13.8 Å². The highest BCUT2D eigenvalue weighted by Gasteiger charge is 2.19. The lowest BCUT2D eigenvalue weighted by Crippen LogP contribution is -2.29. The van der Waals surface area contributed by atoms with Crippen LogP contribution in [0.5, 0.6) is 0 Å². The molecule has 0 radical (unpaired) electrons. The Morgan fingerprint density at radius 3 is 2.40 bits per heavy atom. The van der Waals surface area contributed by atoms with Crippen molar-refractivity contribution in [1.29, 1.82) is 0 Å². The van der Waals surface area contributed by atoms with Gasteiger partial charge in [-0.25, -0.2) is 0 Å². The number of hydrogen-bond acceptors (Lipinski definition) is 3. The van der Waals surface area contributed by atoms with Crippen LogP contribution in [0.4, 0.5) is 0 Å². The largest absolute Gasteiger partial charge is 0.392 e. The first-order chi connectivity index (χ1) is 4.83. The third kappa shape index (κ3) is 3.15. The zero-order chi connectivity index (χ0) is 7.98. The van der Waals surface area contributed by atoms with Gasteiger partial charge in [0, 0.05) is 19.1 Å². The normalized spacial score (nSPS) is 31.2. The van der Waals surface area contributed by atoms with Crippen LogP contribution in [0.1, 0.15) is 20.3 Å². The van der Waals surface area contributed by atoms with Crippen molar-refractivity contribution < 1.29 is 5.11 Å². The molecule has 0 bridgehead atoms. The summed E-state index contributed by atoms with van der Waals surface area (Å²) in [6.07, 6.45) is 0.653. The Balaban J connectivity index is 0.000000371. The van der Waals surface area contributed by atoms with E-state index in [1.807, 2.05) is 13.8 Å². The summed E-state index contributed by atoms with van der Waals surface area (Å²) in [4.78, 5) is 0. The van der Waals surface area contributed by atoms with Gasteiger partial charge in [-0.15, -0.1) is 0 Å². The van der Waals surface area contributed by atoms with E-state index in [1.165, 1.54) is 0 Å². The first kappa shape index (κ1) is 9.88. The molecule has 0 saturated carbocycles. The monoisotopic (exact) mass is 146 g/mol. The Kier molecular flexibility index (Phi) is 5.58. The van der Waals surface area contributed by atoms with Gasteiger partial charge >= 0.3 is 0 Å². The van der Waals surface area contributed by atoms with Crippen LogP contribution in [-0.4, -0.2) is 30.3 Å².